The molecule has 3 fully saturated rings. The van der Waals surface area contributed by atoms with E-state index in [1.54, 1.807) is 17.0 Å². The molecule has 5 aliphatic rings. The van der Waals surface area contributed by atoms with Crippen LogP contribution in [0.15, 0.2) is 125 Å². The highest BCUT2D eigenvalue weighted by atomic mass is 79.9. The number of halogens is 1. The average molecular weight is 812 g/mol. The van der Waals surface area contributed by atoms with Gasteiger partial charge in [-0.25, -0.2) is 0 Å². The van der Waals surface area contributed by atoms with Crippen molar-refractivity contribution < 1.29 is 29.0 Å². The lowest BCUT2D eigenvalue weighted by Gasteiger charge is -2.55. The fourth-order valence-electron chi connectivity index (χ4n) is 10.8. The summed E-state index contributed by atoms with van der Waals surface area (Å²) in [5, 5.41) is 12.0. The van der Waals surface area contributed by atoms with Crippen LogP contribution in [0.4, 0.5) is 0 Å². The molecule has 0 bridgehead atoms. The lowest BCUT2D eigenvalue weighted by atomic mass is 9.44. The van der Waals surface area contributed by atoms with E-state index < -0.39 is 35.0 Å². The molecule has 4 aromatic rings. The van der Waals surface area contributed by atoms with Crippen LogP contribution in [0.3, 0.4) is 0 Å². The predicted octanol–water partition coefficient (Wildman–Crippen LogP) is 7.65. The number of carbonyl (C=O) groups is 4. The zero-order valence-electron chi connectivity index (χ0n) is 31.1. The number of rotatable bonds is 7. The molecule has 2 amide bonds. The van der Waals surface area contributed by atoms with E-state index in [9.17, 15) is 14.7 Å². The minimum absolute atomic E-state index is 0.130. The zero-order valence-corrected chi connectivity index (χ0v) is 32.7. The standard InChI is InChI=1S/C47H43BrN2O6/c1-56-39-24-31(48)23-37(44(39)53)42-33-17-18-34-41(46(55)50(45(34)54)32-19-21-49(22-20-32)27-28-11-5-2-6-12-28)36(33)25-38-43(52)35(29-13-7-3-8-14-29)26-40(51)47(38,42)30-15-9-4-10-16-30/h2-17,23-24,26,32,34,36,38,41-42,53H,18-22,25,27H2,1H3/t34-,36+,38-,41-,42+,47-/m0/s1. The van der Waals surface area contributed by atoms with Gasteiger partial charge in [-0.15, -0.1) is 0 Å². The molecule has 0 spiro atoms. The Labute approximate surface area is 335 Å². The Morgan fingerprint density at radius 2 is 1.50 bits per heavy atom. The Kier molecular flexibility index (Phi) is 9.41. The minimum Gasteiger partial charge on any atom is -0.504 e. The number of ether oxygens (including phenoxy) is 1. The lowest BCUT2D eigenvalue weighted by Crippen LogP contribution is -2.59. The molecule has 2 saturated heterocycles. The highest BCUT2D eigenvalue weighted by Gasteiger charge is 2.66. The second-order valence-electron chi connectivity index (χ2n) is 15.9. The molecule has 8 nitrogen and oxygen atoms in total. The first kappa shape index (κ1) is 36.5. The van der Waals surface area contributed by atoms with Crippen LogP contribution in [0, 0.1) is 23.7 Å². The Morgan fingerprint density at radius 1 is 0.839 bits per heavy atom. The van der Waals surface area contributed by atoms with Crippen molar-refractivity contribution in [3.05, 3.63) is 148 Å². The number of phenols is 1. The third-order valence-electron chi connectivity index (χ3n) is 13.2. The molecule has 9 rings (SSSR count). The summed E-state index contributed by atoms with van der Waals surface area (Å²) < 4.78 is 6.27. The number of methoxy groups -OCH3 is 1. The van der Waals surface area contributed by atoms with E-state index >= 15 is 9.59 Å². The second kappa shape index (κ2) is 14.4. The summed E-state index contributed by atoms with van der Waals surface area (Å²) in [7, 11) is 1.48. The Balaban J connectivity index is 1.15. The average Bonchev–Trinajstić information content (AvgIpc) is 3.49. The van der Waals surface area contributed by atoms with Gasteiger partial charge in [-0.2, -0.15) is 0 Å². The largest absolute Gasteiger partial charge is 0.504 e. The molecular formula is C47H43BrN2O6. The van der Waals surface area contributed by atoms with Crippen molar-refractivity contribution in [1.82, 2.24) is 9.80 Å². The molecule has 284 valence electrons. The van der Waals surface area contributed by atoms with Crippen LogP contribution >= 0.6 is 15.9 Å². The fraction of sp³-hybridized carbons (Fsp3) is 0.319. The number of carbonyl (C=O) groups excluding carboxylic acids is 4. The van der Waals surface area contributed by atoms with Crippen LogP contribution in [0.5, 0.6) is 11.5 Å². The quantitative estimate of drug-likeness (QED) is 0.151. The first-order valence-electron chi connectivity index (χ1n) is 19.5. The summed E-state index contributed by atoms with van der Waals surface area (Å²) in [4.78, 5) is 63.8. The number of ketones is 2. The van der Waals surface area contributed by atoms with E-state index in [1.807, 2.05) is 84.9 Å². The van der Waals surface area contributed by atoms with Crippen LogP contribution in [0.25, 0.3) is 5.57 Å². The Bertz CT molecular complexity index is 2280. The van der Waals surface area contributed by atoms with Gasteiger partial charge in [0, 0.05) is 53.1 Å². The summed E-state index contributed by atoms with van der Waals surface area (Å²) in [5.74, 6) is -4.18. The first-order valence-corrected chi connectivity index (χ1v) is 20.3. The highest BCUT2D eigenvalue weighted by molar-refractivity contribution is 9.10. The summed E-state index contributed by atoms with van der Waals surface area (Å²) >= 11 is 3.63. The number of imide groups is 1. The van der Waals surface area contributed by atoms with Crippen LogP contribution in [-0.4, -0.2) is 64.5 Å². The van der Waals surface area contributed by atoms with Gasteiger partial charge in [0.25, 0.3) is 0 Å². The number of allylic oxidation sites excluding steroid dienone is 4. The maximum absolute atomic E-state index is 15.3. The number of amides is 2. The van der Waals surface area contributed by atoms with E-state index in [1.165, 1.54) is 18.7 Å². The van der Waals surface area contributed by atoms with Gasteiger partial charge in [-0.1, -0.05) is 119 Å². The molecule has 9 heteroatoms. The van der Waals surface area contributed by atoms with Crippen LogP contribution < -0.4 is 4.74 Å². The second-order valence-corrected chi connectivity index (χ2v) is 16.8. The molecule has 1 N–H and O–H groups in total. The molecule has 3 aliphatic carbocycles. The highest BCUT2D eigenvalue weighted by Crippen LogP contribution is 2.65. The van der Waals surface area contributed by atoms with Crippen molar-refractivity contribution in [3.8, 4) is 11.5 Å². The maximum Gasteiger partial charge on any atom is 0.233 e. The number of Topliss-reactive ketones (excluding diaryl/α,β-unsaturated/α-hetero) is 1. The van der Waals surface area contributed by atoms with E-state index in [2.05, 4.69) is 33.0 Å². The number of hydrogen-bond acceptors (Lipinski definition) is 7. The van der Waals surface area contributed by atoms with Crippen molar-refractivity contribution in [2.45, 2.75) is 49.6 Å². The third kappa shape index (κ3) is 5.73. The molecule has 0 radical (unpaired) electrons. The van der Waals surface area contributed by atoms with E-state index in [-0.39, 0.29) is 47.3 Å². The number of phenolic OH excluding ortho intramolecular Hbond substituents is 1. The topological polar surface area (TPSA) is 104 Å². The predicted molar refractivity (Wildman–Crippen MR) is 216 cm³/mol. The first-order chi connectivity index (χ1) is 27.2. The number of benzene rings is 4. The monoisotopic (exact) mass is 810 g/mol. The van der Waals surface area contributed by atoms with Gasteiger partial charge in [0.1, 0.15) is 0 Å². The van der Waals surface area contributed by atoms with Crippen molar-refractivity contribution in [1.29, 1.82) is 0 Å². The third-order valence-corrected chi connectivity index (χ3v) is 13.6. The number of likely N-dealkylation sites (tertiary alicyclic amines) is 2. The Morgan fingerprint density at radius 3 is 2.18 bits per heavy atom. The van der Waals surface area contributed by atoms with Crippen LogP contribution in [-0.2, 0) is 31.1 Å². The summed E-state index contributed by atoms with van der Waals surface area (Å²) in [6.45, 7) is 2.37. The number of piperidine rings is 1. The molecule has 56 heavy (non-hydrogen) atoms. The molecular weight excluding hydrogens is 768 g/mol. The molecule has 0 unspecified atom stereocenters. The van der Waals surface area contributed by atoms with Gasteiger partial charge in [0.15, 0.2) is 23.1 Å². The molecule has 2 aliphatic heterocycles. The normalized spacial score (nSPS) is 28.0. The van der Waals surface area contributed by atoms with Crippen LogP contribution in [0.2, 0.25) is 0 Å². The number of aromatic hydroxyl groups is 1. The van der Waals surface area contributed by atoms with E-state index in [0.717, 1.165) is 25.2 Å². The van der Waals surface area contributed by atoms with Crippen LogP contribution in [0.1, 0.15) is 53.9 Å². The number of nitrogens with zero attached hydrogens (tertiary/aromatic N) is 2. The number of fused-ring (bicyclic) bond motifs is 4. The van der Waals surface area contributed by atoms with Gasteiger partial charge < -0.3 is 9.84 Å². The lowest BCUT2D eigenvalue weighted by molar-refractivity contribution is -0.144. The number of hydrogen-bond donors (Lipinski definition) is 1. The van der Waals surface area contributed by atoms with Crippen molar-refractivity contribution in [2.24, 2.45) is 23.7 Å². The molecule has 2 heterocycles. The van der Waals surface area contributed by atoms with Gasteiger partial charge in [-0.3, -0.25) is 29.0 Å². The van der Waals surface area contributed by atoms with Crippen molar-refractivity contribution in [2.75, 3.05) is 20.2 Å². The fourth-order valence-corrected chi connectivity index (χ4v) is 11.2. The van der Waals surface area contributed by atoms with Gasteiger partial charge in [-0.05, 0) is 66.5 Å². The smallest absolute Gasteiger partial charge is 0.233 e. The zero-order chi connectivity index (χ0) is 38.7. The van der Waals surface area contributed by atoms with Crippen molar-refractivity contribution >= 4 is 44.9 Å². The molecule has 6 atom stereocenters. The summed E-state index contributed by atoms with van der Waals surface area (Å²) in [6.07, 6.45) is 5.46. The molecule has 1 saturated carbocycles. The molecule has 4 aromatic carbocycles. The van der Waals surface area contributed by atoms with Crippen molar-refractivity contribution in [3.63, 3.8) is 0 Å². The summed E-state index contributed by atoms with van der Waals surface area (Å²) in [5.41, 5.74) is 2.66. The van der Waals surface area contributed by atoms with E-state index in [4.69, 9.17) is 4.74 Å². The maximum atomic E-state index is 15.3. The van der Waals surface area contributed by atoms with Gasteiger partial charge >= 0.3 is 0 Å². The summed E-state index contributed by atoms with van der Waals surface area (Å²) in [6, 6.07) is 32.2. The SMILES string of the molecule is COc1cc(Br)cc([C@H]2C3=CC[C@@H]4C(=O)N(C5CCN(Cc6ccccc6)CC5)C(=O)[C@@H]4[C@@H]3C[C@H]3C(=O)C(c4ccccc4)=CC(=O)[C@@]23c2ccccc2)c1O. The van der Waals surface area contributed by atoms with Gasteiger partial charge in [0.05, 0.1) is 24.4 Å². The van der Waals surface area contributed by atoms with E-state index in [0.29, 0.717) is 46.0 Å². The minimum atomic E-state index is -1.45. The molecule has 0 aromatic heterocycles. The van der Waals surface area contributed by atoms with Gasteiger partial charge in [0.2, 0.25) is 11.8 Å². The Hall–Kier alpha value is -5.12.